The number of furan rings is 1. The molecule has 0 aliphatic carbocycles. The molecule has 4 nitrogen and oxygen atoms in total. The standard InChI is InChI=1S/C13H14N2O2/c1-10(11-6-3-2-4-7-11)14-15-13(16)12-8-5-9-17-12/h2-10,14H,1H3,(H,15,16). The lowest BCUT2D eigenvalue weighted by atomic mass is 10.1. The van der Waals surface area contributed by atoms with Crippen LogP contribution in [0.2, 0.25) is 0 Å². The predicted molar refractivity (Wildman–Crippen MR) is 64.2 cm³/mol. The molecule has 0 aliphatic heterocycles. The maximum absolute atomic E-state index is 11.6. The minimum atomic E-state index is -0.280. The molecule has 1 atom stereocenters. The Morgan fingerprint density at radius 2 is 1.94 bits per heavy atom. The van der Waals surface area contributed by atoms with E-state index in [0.29, 0.717) is 0 Å². The zero-order chi connectivity index (χ0) is 12.1. The zero-order valence-corrected chi connectivity index (χ0v) is 9.51. The summed E-state index contributed by atoms with van der Waals surface area (Å²) in [7, 11) is 0. The van der Waals surface area contributed by atoms with Gasteiger partial charge in [-0.2, -0.15) is 0 Å². The van der Waals surface area contributed by atoms with E-state index in [1.807, 2.05) is 37.3 Å². The van der Waals surface area contributed by atoms with Crippen LogP contribution in [-0.4, -0.2) is 5.91 Å². The molecule has 2 N–H and O–H groups in total. The van der Waals surface area contributed by atoms with E-state index >= 15 is 0 Å². The Bertz CT molecular complexity index is 465. The summed E-state index contributed by atoms with van der Waals surface area (Å²) in [5, 5.41) is 0. The third kappa shape index (κ3) is 2.95. The molecule has 0 bridgehead atoms. The van der Waals surface area contributed by atoms with E-state index < -0.39 is 0 Å². The minimum Gasteiger partial charge on any atom is -0.459 e. The van der Waals surface area contributed by atoms with E-state index in [9.17, 15) is 4.79 Å². The van der Waals surface area contributed by atoms with Gasteiger partial charge in [-0.1, -0.05) is 30.3 Å². The maximum atomic E-state index is 11.6. The highest BCUT2D eigenvalue weighted by atomic mass is 16.3. The number of carbonyl (C=O) groups excluding carboxylic acids is 1. The lowest BCUT2D eigenvalue weighted by Crippen LogP contribution is -2.38. The molecule has 1 aromatic heterocycles. The van der Waals surface area contributed by atoms with Gasteiger partial charge in [0.25, 0.3) is 0 Å². The fraction of sp³-hybridized carbons (Fsp3) is 0.154. The third-order valence-electron chi connectivity index (χ3n) is 2.45. The summed E-state index contributed by atoms with van der Waals surface area (Å²) in [4.78, 5) is 11.6. The number of hydrazine groups is 1. The summed E-state index contributed by atoms with van der Waals surface area (Å²) < 4.78 is 4.98. The SMILES string of the molecule is CC(NNC(=O)c1ccco1)c1ccccc1. The van der Waals surface area contributed by atoms with Crippen molar-refractivity contribution in [3.8, 4) is 0 Å². The molecule has 17 heavy (non-hydrogen) atoms. The first-order valence-electron chi connectivity index (χ1n) is 5.41. The number of carbonyl (C=O) groups is 1. The Labute approximate surface area is 99.6 Å². The Morgan fingerprint density at radius 1 is 1.18 bits per heavy atom. The molecular formula is C13H14N2O2. The van der Waals surface area contributed by atoms with Crippen LogP contribution >= 0.6 is 0 Å². The van der Waals surface area contributed by atoms with Gasteiger partial charge in [0.2, 0.25) is 0 Å². The first-order chi connectivity index (χ1) is 8.27. The summed E-state index contributed by atoms with van der Waals surface area (Å²) >= 11 is 0. The first kappa shape index (κ1) is 11.4. The van der Waals surface area contributed by atoms with E-state index in [-0.39, 0.29) is 17.7 Å². The van der Waals surface area contributed by atoms with Gasteiger partial charge in [-0.3, -0.25) is 10.2 Å². The topological polar surface area (TPSA) is 54.3 Å². The van der Waals surface area contributed by atoms with Gasteiger partial charge >= 0.3 is 5.91 Å². The van der Waals surface area contributed by atoms with Crippen molar-refractivity contribution >= 4 is 5.91 Å². The van der Waals surface area contributed by atoms with Gasteiger partial charge < -0.3 is 4.42 Å². The van der Waals surface area contributed by atoms with Crippen molar-refractivity contribution in [2.45, 2.75) is 13.0 Å². The highest BCUT2D eigenvalue weighted by Gasteiger charge is 2.09. The summed E-state index contributed by atoms with van der Waals surface area (Å²) in [6, 6.07) is 13.2. The molecule has 0 fully saturated rings. The number of rotatable bonds is 4. The molecular weight excluding hydrogens is 216 g/mol. The lowest BCUT2D eigenvalue weighted by molar-refractivity contribution is 0.0898. The van der Waals surface area contributed by atoms with Crippen molar-refractivity contribution in [2.24, 2.45) is 0 Å². The smallest absolute Gasteiger partial charge is 0.301 e. The van der Waals surface area contributed by atoms with Crippen molar-refractivity contribution < 1.29 is 9.21 Å². The van der Waals surface area contributed by atoms with Crippen LogP contribution in [0.3, 0.4) is 0 Å². The third-order valence-corrected chi connectivity index (χ3v) is 2.45. The Hall–Kier alpha value is -2.07. The number of nitrogens with one attached hydrogen (secondary N) is 2. The number of hydrogen-bond acceptors (Lipinski definition) is 3. The van der Waals surface area contributed by atoms with Crippen molar-refractivity contribution in [1.82, 2.24) is 10.9 Å². The van der Waals surface area contributed by atoms with Crippen molar-refractivity contribution in [3.63, 3.8) is 0 Å². The van der Waals surface area contributed by atoms with Gasteiger partial charge in [0.1, 0.15) is 0 Å². The van der Waals surface area contributed by atoms with Crippen molar-refractivity contribution in [1.29, 1.82) is 0 Å². The van der Waals surface area contributed by atoms with Gasteiger partial charge in [-0.15, -0.1) is 0 Å². The zero-order valence-electron chi connectivity index (χ0n) is 9.51. The van der Waals surface area contributed by atoms with Crippen molar-refractivity contribution in [2.75, 3.05) is 0 Å². The van der Waals surface area contributed by atoms with E-state index in [0.717, 1.165) is 5.56 Å². The van der Waals surface area contributed by atoms with Gasteiger partial charge in [-0.05, 0) is 24.6 Å². The Kier molecular flexibility index (Phi) is 3.57. The van der Waals surface area contributed by atoms with E-state index in [1.165, 1.54) is 6.26 Å². The average Bonchev–Trinajstić information content (AvgIpc) is 2.90. The summed E-state index contributed by atoms with van der Waals surface area (Å²) in [5.74, 6) is 0.00976. The largest absolute Gasteiger partial charge is 0.459 e. The molecule has 2 rings (SSSR count). The molecule has 1 unspecified atom stereocenters. The average molecular weight is 230 g/mol. The van der Waals surface area contributed by atoms with Gasteiger partial charge in [-0.25, -0.2) is 5.43 Å². The maximum Gasteiger partial charge on any atom is 0.301 e. The van der Waals surface area contributed by atoms with Crippen LogP contribution in [-0.2, 0) is 0 Å². The lowest BCUT2D eigenvalue weighted by Gasteiger charge is -2.14. The number of benzene rings is 1. The Balaban J connectivity index is 1.89. The van der Waals surface area contributed by atoms with Crippen LogP contribution in [0, 0.1) is 0 Å². The Morgan fingerprint density at radius 3 is 2.59 bits per heavy atom. The highest BCUT2D eigenvalue weighted by Crippen LogP contribution is 2.09. The molecule has 2 aromatic rings. The molecule has 88 valence electrons. The molecule has 1 aromatic carbocycles. The molecule has 0 aliphatic rings. The van der Waals surface area contributed by atoms with Crippen LogP contribution in [0.5, 0.6) is 0 Å². The summed E-state index contributed by atoms with van der Waals surface area (Å²) in [5.41, 5.74) is 6.63. The van der Waals surface area contributed by atoms with Crippen molar-refractivity contribution in [3.05, 3.63) is 60.1 Å². The molecule has 0 spiro atoms. The monoisotopic (exact) mass is 230 g/mol. The molecule has 1 amide bonds. The van der Waals surface area contributed by atoms with E-state index in [4.69, 9.17) is 4.42 Å². The van der Waals surface area contributed by atoms with Gasteiger partial charge in [0.15, 0.2) is 5.76 Å². The molecule has 0 saturated carbocycles. The number of amides is 1. The predicted octanol–water partition coefficient (Wildman–Crippen LogP) is 2.28. The van der Waals surface area contributed by atoms with Crippen LogP contribution in [0.4, 0.5) is 0 Å². The minimum absolute atomic E-state index is 0.0371. The molecule has 0 radical (unpaired) electrons. The second kappa shape index (κ2) is 5.32. The number of hydrogen-bond donors (Lipinski definition) is 2. The van der Waals surface area contributed by atoms with E-state index in [2.05, 4.69) is 10.9 Å². The second-order valence-corrected chi connectivity index (χ2v) is 3.71. The molecule has 4 heteroatoms. The first-order valence-corrected chi connectivity index (χ1v) is 5.41. The van der Waals surface area contributed by atoms with Crippen LogP contribution in [0.1, 0.15) is 29.1 Å². The normalized spacial score (nSPS) is 12.1. The quantitative estimate of drug-likeness (QED) is 0.792. The van der Waals surface area contributed by atoms with Crippen LogP contribution in [0.25, 0.3) is 0 Å². The molecule has 0 saturated heterocycles. The highest BCUT2D eigenvalue weighted by molar-refractivity contribution is 5.90. The van der Waals surface area contributed by atoms with Crippen LogP contribution < -0.4 is 10.9 Å². The van der Waals surface area contributed by atoms with Gasteiger partial charge in [0.05, 0.1) is 6.26 Å². The van der Waals surface area contributed by atoms with E-state index in [1.54, 1.807) is 12.1 Å². The molecule has 1 heterocycles. The second-order valence-electron chi connectivity index (χ2n) is 3.71. The van der Waals surface area contributed by atoms with Crippen LogP contribution in [0.15, 0.2) is 53.1 Å². The fourth-order valence-corrected chi connectivity index (χ4v) is 1.47. The summed E-state index contributed by atoms with van der Waals surface area (Å²) in [6.45, 7) is 1.97. The van der Waals surface area contributed by atoms with Gasteiger partial charge in [0, 0.05) is 6.04 Å². The summed E-state index contributed by atoms with van der Waals surface area (Å²) in [6.07, 6.45) is 1.47. The fourth-order valence-electron chi connectivity index (χ4n) is 1.47.